The zero-order chi connectivity index (χ0) is 13.2. The van der Waals surface area contributed by atoms with E-state index in [1.54, 1.807) is 0 Å². The van der Waals surface area contributed by atoms with Gasteiger partial charge in [-0.3, -0.25) is 0 Å². The number of hydrogen-bond acceptors (Lipinski definition) is 1. The Labute approximate surface area is 106 Å². The van der Waals surface area contributed by atoms with Crippen LogP contribution in [0.2, 0.25) is 0 Å². The van der Waals surface area contributed by atoms with Crippen LogP contribution in [-0.2, 0) is 0 Å². The van der Waals surface area contributed by atoms with Crippen LogP contribution in [0.3, 0.4) is 0 Å². The van der Waals surface area contributed by atoms with Crippen molar-refractivity contribution in [1.29, 1.82) is 0 Å². The third kappa shape index (κ3) is 3.86. The summed E-state index contributed by atoms with van der Waals surface area (Å²) in [5.74, 6) is 1.35. The average Bonchev–Trinajstić information content (AvgIpc) is 2.86. The first kappa shape index (κ1) is 14.3. The summed E-state index contributed by atoms with van der Waals surface area (Å²) in [6.07, 6.45) is 6.51. The first-order chi connectivity index (χ1) is 7.76. The van der Waals surface area contributed by atoms with Gasteiger partial charge < -0.3 is 5.21 Å². The molecule has 0 N–H and O–H groups in total. The molecule has 0 aromatic rings. The molecule has 0 aromatic carbocycles. The van der Waals surface area contributed by atoms with E-state index < -0.39 is 0 Å². The summed E-state index contributed by atoms with van der Waals surface area (Å²) in [6.45, 7) is 12.7. The monoisotopic (exact) mass is 237 g/mol. The second-order valence-corrected chi connectivity index (χ2v) is 6.39. The van der Waals surface area contributed by atoms with Crippen LogP contribution >= 0.6 is 0 Å². The van der Waals surface area contributed by atoms with Crippen molar-refractivity contribution >= 4 is 6.21 Å². The molecule has 3 atom stereocenters. The van der Waals surface area contributed by atoms with E-state index in [0.717, 1.165) is 17.6 Å². The summed E-state index contributed by atoms with van der Waals surface area (Å²) in [5, 5.41) is 11.7. The van der Waals surface area contributed by atoms with Crippen molar-refractivity contribution in [3.63, 3.8) is 0 Å². The van der Waals surface area contributed by atoms with Crippen molar-refractivity contribution < 1.29 is 4.74 Å². The van der Waals surface area contributed by atoms with Crippen molar-refractivity contribution in [3.05, 3.63) is 16.9 Å². The van der Waals surface area contributed by atoms with E-state index in [9.17, 15) is 5.21 Å². The summed E-state index contributed by atoms with van der Waals surface area (Å²) >= 11 is 0. The van der Waals surface area contributed by atoms with Crippen LogP contribution in [0.4, 0.5) is 0 Å². The molecule has 2 nitrogen and oxygen atoms in total. The van der Waals surface area contributed by atoms with Gasteiger partial charge in [-0.2, -0.15) is 0 Å². The summed E-state index contributed by atoms with van der Waals surface area (Å²) in [4.78, 5) is 0. The van der Waals surface area contributed by atoms with Gasteiger partial charge in [-0.05, 0) is 52.4 Å². The van der Waals surface area contributed by atoms with E-state index in [1.165, 1.54) is 5.57 Å². The molecule has 3 unspecified atom stereocenters. The molecule has 0 saturated heterocycles. The van der Waals surface area contributed by atoms with Gasteiger partial charge in [0.25, 0.3) is 0 Å². The quantitative estimate of drug-likeness (QED) is 0.233. The van der Waals surface area contributed by atoms with Crippen LogP contribution in [0.1, 0.15) is 54.4 Å². The predicted molar refractivity (Wildman–Crippen MR) is 74.3 cm³/mol. The Bertz CT molecular complexity index is 326. The molecule has 0 bridgehead atoms. The Morgan fingerprint density at radius 1 is 1.41 bits per heavy atom. The van der Waals surface area contributed by atoms with Gasteiger partial charge in [0, 0.05) is 5.41 Å². The summed E-state index contributed by atoms with van der Waals surface area (Å²) in [5.41, 5.74) is 1.52. The van der Waals surface area contributed by atoms with E-state index in [0.29, 0.717) is 11.8 Å². The molecular weight excluding hydrogens is 210 g/mol. The first-order valence-corrected chi connectivity index (χ1v) is 6.71. The molecule has 1 aliphatic carbocycles. The SMILES string of the molecule is CC(C)=CCC(C)C1CC1(C)C=[N+]([O-])C(C)C. The van der Waals surface area contributed by atoms with Crippen LogP contribution in [-0.4, -0.2) is 17.0 Å². The lowest BCUT2D eigenvalue weighted by molar-refractivity contribution is -0.490. The van der Waals surface area contributed by atoms with Crippen LogP contribution in [0.25, 0.3) is 0 Å². The zero-order valence-corrected chi connectivity index (χ0v) is 12.2. The van der Waals surface area contributed by atoms with Gasteiger partial charge in [0.05, 0.1) is 0 Å². The van der Waals surface area contributed by atoms with Gasteiger partial charge in [0.1, 0.15) is 0 Å². The Balaban J connectivity index is 2.57. The minimum atomic E-state index is 0.0566. The summed E-state index contributed by atoms with van der Waals surface area (Å²) < 4.78 is 1.12. The standard InChI is InChI=1S/C15H27NO/c1-11(2)7-8-13(5)14-9-15(14,6)10-16(17)12(3)4/h7,10,12-14H,8-9H2,1-6H3. The van der Waals surface area contributed by atoms with Crippen LogP contribution in [0.15, 0.2) is 11.6 Å². The number of hydroxylamine groups is 1. The van der Waals surface area contributed by atoms with Gasteiger partial charge in [-0.25, -0.2) is 4.74 Å². The largest absolute Gasteiger partial charge is 0.624 e. The van der Waals surface area contributed by atoms with Crippen molar-refractivity contribution in [2.75, 3.05) is 0 Å². The number of allylic oxidation sites excluding steroid dienone is 2. The Morgan fingerprint density at radius 3 is 2.47 bits per heavy atom. The molecule has 1 saturated carbocycles. The third-order valence-corrected chi connectivity index (χ3v) is 3.86. The molecule has 0 amide bonds. The molecular formula is C15H27NO. The highest BCUT2D eigenvalue weighted by Crippen LogP contribution is 2.55. The van der Waals surface area contributed by atoms with Crippen LogP contribution in [0, 0.1) is 22.5 Å². The van der Waals surface area contributed by atoms with Gasteiger partial charge in [-0.1, -0.05) is 25.5 Å². The lowest BCUT2D eigenvalue weighted by atomic mass is 9.94. The average molecular weight is 237 g/mol. The number of rotatable bonds is 5. The van der Waals surface area contributed by atoms with E-state index in [4.69, 9.17) is 0 Å². The first-order valence-electron chi connectivity index (χ1n) is 6.71. The van der Waals surface area contributed by atoms with Gasteiger partial charge in [0.2, 0.25) is 0 Å². The highest BCUT2D eigenvalue weighted by molar-refractivity contribution is 5.65. The summed E-state index contributed by atoms with van der Waals surface area (Å²) in [6, 6.07) is 0.0566. The second kappa shape index (κ2) is 5.24. The predicted octanol–water partition coefficient (Wildman–Crippen LogP) is 3.99. The Morgan fingerprint density at radius 2 is 2.00 bits per heavy atom. The van der Waals surface area contributed by atoms with Gasteiger partial charge in [0.15, 0.2) is 12.3 Å². The lowest BCUT2D eigenvalue weighted by Gasteiger charge is -2.13. The second-order valence-electron chi connectivity index (χ2n) is 6.39. The fourth-order valence-electron chi connectivity index (χ4n) is 2.44. The minimum Gasteiger partial charge on any atom is -0.624 e. The molecule has 0 spiro atoms. The molecule has 0 aliphatic heterocycles. The van der Waals surface area contributed by atoms with Crippen molar-refractivity contribution in [3.8, 4) is 0 Å². The highest BCUT2D eigenvalue weighted by atomic mass is 16.5. The molecule has 0 aromatic heterocycles. The van der Waals surface area contributed by atoms with E-state index in [2.05, 4.69) is 33.8 Å². The maximum Gasteiger partial charge on any atom is 0.157 e. The maximum atomic E-state index is 11.7. The van der Waals surface area contributed by atoms with Gasteiger partial charge >= 0.3 is 0 Å². The molecule has 1 aliphatic rings. The molecule has 1 fully saturated rings. The Hall–Kier alpha value is -0.790. The zero-order valence-electron chi connectivity index (χ0n) is 12.2. The molecule has 2 heteroatoms. The van der Waals surface area contributed by atoms with Crippen LogP contribution < -0.4 is 0 Å². The topological polar surface area (TPSA) is 26.1 Å². The summed E-state index contributed by atoms with van der Waals surface area (Å²) in [7, 11) is 0. The van der Waals surface area contributed by atoms with Crippen LogP contribution in [0.5, 0.6) is 0 Å². The molecule has 0 radical (unpaired) electrons. The lowest BCUT2D eigenvalue weighted by Crippen LogP contribution is -2.20. The normalized spacial score (nSPS) is 30.3. The fourth-order valence-corrected chi connectivity index (χ4v) is 2.44. The van der Waals surface area contributed by atoms with Crippen molar-refractivity contribution in [2.24, 2.45) is 17.3 Å². The number of nitrogens with zero attached hydrogens (tertiary/aromatic N) is 1. The van der Waals surface area contributed by atoms with Gasteiger partial charge in [-0.15, -0.1) is 0 Å². The minimum absolute atomic E-state index is 0.0566. The van der Waals surface area contributed by atoms with E-state index >= 15 is 0 Å². The van der Waals surface area contributed by atoms with E-state index in [-0.39, 0.29) is 11.5 Å². The molecule has 1 rings (SSSR count). The maximum absolute atomic E-state index is 11.7. The molecule has 17 heavy (non-hydrogen) atoms. The third-order valence-electron chi connectivity index (χ3n) is 3.86. The van der Waals surface area contributed by atoms with Crippen molar-refractivity contribution in [2.45, 2.75) is 60.4 Å². The van der Waals surface area contributed by atoms with E-state index in [1.807, 2.05) is 20.1 Å². The molecule has 0 heterocycles. The Kier molecular flexibility index (Phi) is 4.40. The van der Waals surface area contributed by atoms with Crippen molar-refractivity contribution in [1.82, 2.24) is 0 Å². The smallest absolute Gasteiger partial charge is 0.157 e. The number of hydrogen-bond donors (Lipinski definition) is 0. The molecule has 98 valence electrons. The highest BCUT2D eigenvalue weighted by Gasteiger charge is 2.53. The fraction of sp³-hybridized carbons (Fsp3) is 0.800.